The maximum absolute atomic E-state index is 11.9. The van der Waals surface area contributed by atoms with Gasteiger partial charge in [-0.2, -0.15) is 0 Å². The maximum Gasteiger partial charge on any atom is 0.514 e. The third-order valence-electron chi connectivity index (χ3n) is 4.20. The molecular formula is C17H27NO6Si. The zero-order valence-corrected chi connectivity index (χ0v) is 16.9. The van der Waals surface area contributed by atoms with Gasteiger partial charge < -0.3 is 13.9 Å². The summed E-state index contributed by atoms with van der Waals surface area (Å²) in [5, 5.41) is 10.7. The molecule has 0 amide bonds. The van der Waals surface area contributed by atoms with Crippen LogP contribution >= 0.6 is 0 Å². The van der Waals surface area contributed by atoms with Crippen molar-refractivity contribution in [1.82, 2.24) is 0 Å². The van der Waals surface area contributed by atoms with Crippen molar-refractivity contribution in [1.29, 1.82) is 0 Å². The highest BCUT2D eigenvalue weighted by Gasteiger charge is 2.39. The summed E-state index contributed by atoms with van der Waals surface area (Å²) < 4.78 is 16.5. The van der Waals surface area contributed by atoms with E-state index in [1.54, 1.807) is 13.8 Å². The Morgan fingerprint density at radius 3 is 2.08 bits per heavy atom. The van der Waals surface area contributed by atoms with Crippen molar-refractivity contribution in [3.05, 3.63) is 34.4 Å². The van der Waals surface area contributed by atoms with Gasteiger partial charge in [-0.15, -0.1) is 0 Å². The molecule has 1 aromatic carbocycles. The second-order valence-electron chi connectivity index (χ2n) is 8.01. The lowest BCUT2D eigenvalue weighted by molar-refractivity contribution is -0.384. The third-order valence-corrected chi connectivity index (χ3v) is 8.67. The van der Waals surface area contributed by atoms with Crippen LogP contribution < -0.4 is 4.74 Å². The molecular weight excluding hydrogens is 342 g/mol. The molecule has 0 heterocycles. The number of nitro benzene ring substituents is 1. The summed E-state index contributed by atoms with van der Waals surface area (Å²) in [6.07, 6.45) is -0.877. The quantitative estimate of drug-likeness (QED) is 0.233. The molecule has 0 bridgehead atoms. The molecule has 0 saturated heterocycles. The van der Waals surface area contributed by atoms with E-state index >= 15 is 0 Å². The van der Waals surface area contributed by atoms with Gasteiger partial charge in [0, 0.05) is 12.1 Å². The lowest BCUT2D eigenvalue weighted by Crippen LogP contribution is -2.46. The Balaban J connectivity index is 2.61. The molecule has 0 fully saturated rings. The molecule has 0 atom stereocenters. The standard InChI is InChI=1S/C17H27NO6Si/c1-16(2,3)25(6,7)22-12-17(4,5)24-15(19)23-14-10-8-13(9-11-14)18(20)21/h8-11H,12H2,1-7H3. The smallest absolute Gasteiger partial charge is 0.426 e. The third kappa shape index (κ3) is 6.47. The molecule has 0 radical (unpaired) electrons. The van der Waals surface area contributed by atoms with Crippen LogP contribution in [0.25, 0.3) is 0 Å². The van der Waals surface area contributed by atoms with E-state index in [1.165, 1.54) is 24.3 Å². The Morgan fingerprint density at radius 1 is 1.12 bits per heavy atom. The van der Waals surface area contributed by atoms with E-state index in [-0.39, 0.29) is 23.1 Å². The Hall–Kier alpha value is -1.93. The van der Waals surface area contributed by atoms with Gasteiger partial charge in [-0.05, 0) is 44.1 Å². The molecule has 8 heteroatoms. The molecule has 0 aliphatic heterocycles. The van der Waals surface area contributed by atoms with Gasteiger partial charge >= 0.3 is 6.16 Å². The summed E-state index contributed by atoms with van der Waals surface area (Å²) >= 11 is 0. The van der Waals surface area contributed by atoms with Gasteiger partial charge in [-0.1, -0.05) is 20.8 Å². The fraction of sp³-hybridized carbons (Fsp3) is 0.588. The van der Waals surface area contributed by atoms with Crippen LogP contribution in [0.2, 0.25) is 18.1 Å². The maximum atomic E-state index is 11.9. The van der Waals surface area contributed by atoms with Crippen LogP contribution in [-0.4, -0.2) is 31.6 Å². The van der Waals surface area contributed by atoms with Crippen molar-refractivity contribution in [2.45, 2.75) is 58.4 Å². The Bertz CT molecular complexity index is 619. The fourth-order valence-corrected chi connectivity index (χ4v) is 2.72. The highest BCUT2D eigenvalue weighted by molar-refractivity contribution is 6.74. The first-order valence-corrected chi connectivity index (χ1v) is 10.9. The number of rotatable bonds is 6. The first kappa shape index (κ1) is 21.1. The zero-order valence-electron chi connectivity index (χ0n) is 15.9. The normalized spacial score (nSPS) is 12.6. The summed E-state index contributed by atoms with van der Waals surface area (Å²) in [7, 11) is -1.95. The molecule has 1 aromatic rings. The number of nitro groups is 1. The van der Waals surface area contributed by atoms with Gasteiger partial charge in [-0.25, -0.2) is 4.79 Å². The summed E-state index contributed by atoms with van der Waals surface area (Å²) in [6, 6.07) is 5.21. The van der Waals surface area contributed by atoms with Crippen molar-refractivity contribution < 1.29 is 23.6 Å². The minimum Gasteiger partial charge on any atom is -0.426 e. The number of hydrogen-bond acceptors (Lipinski definition) is 6. The molecule has 7 nitrogen and oxygen atoms in total. The summed E-state index contributed by atoms with van der Waals surface area (Å²) in [5.74, 6) is 0.178. The predicted molar refractivity (Wildman–Crippen MR) is 97.4 cm³/mol. The second-order valence-corrected chi connectivity index (χ2v) is 12.8. The first-order chi connectivity index (χ1) is 11.2. The van der Waals surface area contributed by atoms with Crippen molar-refractivity contribution in [3.63, 3.8) is 0 Å². The van der Waals surface area contributed by atoms with E-state index < -0.39 is 25.0 Å². The van der Waals surface area contributed by atoms with E-state index in [9.17, 15) is 14.9 Å². The highest BCUT2D eigenvalue weighted by Crippen LogP contribution is 2.37. The van der Waals surface area contributed by atoms with Gasteiger partial charge in [0.05, 0.1) is 11.5 Å². The largest absolute Gasteiger partial charge is 0.514 e. The number of benzene rings is 1. The van der Waals surface area contributed by atoms with Crippen LogP contribution in [0, 0.1) is 10.1 Å². The molecule has 0 N–H and O–H groups in total. The summed E-state index contributed by atoms with van der Waals surface area (Å²) in [5.41, 5.74) is -0.934. The number of carbonyl (C=O) groups excluding carboxylic acids is 1. The van der Waals surface area contributed by atoms with Gasteiger partial charge in [0.2, 0.25) is 0 Å². The first-order valence-electron chi connectivity index (χ1n) is 8.03. The lowest BCUT2D eigenvalue weighted by Gasteiger charge is -2.38. The topological polar surface area (TPSA) is 87.9 Å². The predicted octanol–water partition coefficient (Wildman–Crippen LogP) is 4.91. The Kier molecular flexibility index (Phi) is 6.36. The van der Waals surface area contributed by atoms with Crippen molar-refractivity contribution >= 4 is 20.2 Å². The molecule has 0 unspecified atom stereocenters. The van der Waals surface area contributed by atoms with Crippen LogP contribution in [0.4, 0.5) is 10.5 Å². The van der Waals surface area contributed by atoms with Gasteiger partial charge in [0.1, 0.15) is 11.4 Å². The van der Waals surface area contributed by atoms with Crippen molar-refractivity contribution in [2.24, 2.45) is 0 Å². The monoisotopic (exact) mass is 369 g/mol. The van der Waals surface area contributed by atoms with Gasteiger partial charge in [-0.3, -0.25) is 10.1 Å². The number of non-ortho nitro benzene ring substituents is 1. The van der Waals surface area contributed by atoms with Gasteiger partial charge in [0.15, 0.2) is 8.32 Å². The summed E-state index contributed by atoms with van der Waals surface area (Å²) in [6.45, 7) is 14.4. The van der Waals surface area contributed by atoms with E-state index in [2.05, 4.69) is 33.9 Å². The number of nitrogens with zero attached hydrogens (tertiary/aromatic N) is 1. The molecule has 25 heavy (non-hydrogen) atoms. The minimum atomic E-state index is -1.95. The number of hydrogen-bond donors (Lipinski definition) is 0. The molecule has 0 aliphatic rings. The fourth-order valence-electron chi connectivity index (χ4n) is 1.58. The SMILES string of the molecule is CC(C)(CO[Si](C)(C)C(C)(C)C)OC(=O)Oc1ccc([N+](=O)[O-])cc1. The number of carbonyl (C=O) groups is 1. The average molecular weight is 369 g/mol. The van der Waals surface area contributed by atoms with E-state index in [4.69, 9.17) is 13.9 Å². The molecule has 0 aliphatic carbocycles. The molecule has 0 spiro atoms. The van der Waals surface area contributed by atoms with Crippen LogP contribution in [0.1, 0.15) is 34.6 Å². The molecule has 0 saturated carbocycles. The van der Waals surface area contributed by atoms with Gasteiger partial charge in [0.25, 0.3) is 5.69 Å². The molecule has 140 valence electrons. The Labute approximate surface area is 149 Å². The minimum absolute atomic E-state index is 0.0579. The van der Waals surface area contributed by atoms with Crippen molar-refractivity contribution in [2.75, 3.05) is 6.61 Å². The van der Waals surface area contributed by atoms with Crippen LogP contribution in [0.5, 0.6) is 5.75 Å². The number of ether oxygens (including phenoxy) is 2. The second kappa shape index (κ2) is 7.53. The average Bonchev–Trinajstić information content (AvgIpc) is 2.44. The Morgan fingerprint density at radius 2 is 1.64 bits per heavy atom. The van der Waals surface area contributed by atoms with E-state index in [1.807, 2.05) is 0 Å². The van der Waals surface area contributed by atoms with Crippen LogP contribution in [-0.2, 0) is 9.16 Å². The lowest BCUT2D eigenvalue weighted by atomic mass is 10.2. The van der Waals surface area contributed by atoms with Crippen molar-refractivity contribution in [3.8, 4) is 5.75 Å². The zero-order chi connectivity index (χ0) is 19.5. The van der Waals surface area contributed by atoms with Crippen LogP contribution in [0.3, 0.4) is 0 Å². The van der Waals surface area contributed by atoms with E-state index in [0.29, 0.717) is 0 Å². The molecule has 0 aromatic heterocycles. The highest BCUT2D eigenvalue weighted by atomic mass is 28.4. The van der Waals surface area contributed by atoms with Crippen LogP contribution in [0.15, 0.2) is 24.3 Å². The van der Waals surface area contributed by atoms with E-state index in [0.717, 1.165) is 0 Å². The summed E-state index contributed by atoms with van der Waals surface area (Å²) in [4.78, 5) is 22.0. The molecule has 1 rings (SSSR count).